The van der Waals surface area contributed by atoms with E-state index >= 15 is 0 Å². The van der Waals surface area contributed by atoms with E-state index < -0.39 is 9.24 Å². The van der Waals surface area contributed by atoms with Gasteiger partial charge in [-0.1, -0.05) is 13.8 Å². The lowest BCUT2D eigenvalue weighted by Gasteiger charge is -2.22. The first kappa shape index (κ1) is 11.2. The zero-order chi connectivity index (χ0) is 9.07. The molecular weight excluding hydrogens is 186 g/mol. The molecule has 0 aliphatic heterocycles. The summed E-state index contributed by atoms with van der Waals surface area (Å²) in [6.07, 6.45) is 0.778. The van der Waals surface area contributed by atoms with Crippen molar-refractivity contribution in [2.45, 2.75) is 33.2 Å². The highest BCUT2D eigenvalue weighted by Gasteiger charge is 2.21. The van der Waals surface area contributed by atoms with Crippen LogP contribution >= 0.6 is 10.7 Å². The molecule has 0 fully saturated rings. The smallest absolute Gasteiger partial charge is 0.195 e. The highest BCUT2D eigenvalue weighted by Crippen LogP contribution is 2.12. The summed E-state index contributed by atoms with van der Waals surface area (Å²) >= 11 is 0. The average Bonchev–Trinajstić information content (AvgIpc) is 1.86. The molecule has 3 nitrogen and oxygen atoms in total. The topological polar surface area (TPSA) is 37.4 Å². The molecule has 0 aromatic carbocycles. The van der Waals surface area contributed by atoms with Gasteiger partial charge in [-0.3, -0.25) is 0 Å². The van der Waals surface area contributed by atoms with Crippen LogP contribution in [0, 0.1) is 0 Å². The van der Waals surface area contributed by atoms with Crippen molar-refractivity contribution in [3.63, 3.8) is 0 Å². The zero-order valence-corrected chi connectivity index (χ0v) is 8.61. The minimum atomic E-state index is -3.52. The van der Waals surface area contributed by atoms with Crippen molar-refractivity contribution >= 4 is 19.9 Å². The van der Waals surface area contributed by atoms with E-state index in [4.69, 9.17) is 10.7 Å². The summed E-state index contributed by atoms with van der Waals surface area (Å²) in [5.41, 5.74) is 0. The molecule has 5 heteroatoms. The Morgan fingerprint density at radius 2 is 1.91 bits per heavy atom. The van der Waals surface area contributed by atoms with E-state index in [1.807, 2.05) is 13.8 Å². The van der Waals surface area contributed by atoms with Crippen LogP contribution in [0.1, 0.15) is 27.2 Å². The number of rotatable bonds is 4. The van der Waals surface area contributed by atoms with Crippen LogP contribution in [0.2, 0.25) is 0 Å². The second-order valence-corrected chi connectivity index (χ2v) is 4.87. The van der Waals surface area contributed by atoms with Gasteiger partial charge in [-0.2, -0.15) is 12.7 Å². The Hall–Kier alpha value is 0.200. The number of halogens is 1. The van der Waals surface area contributed by atoms with E-state index in [0.29, 0.717) is 6.54 Å². The van der Waals surface area contributed by atoms with Gasteiger partial charge in [0.15, 0.2) is 0 Å². The van der Waals surface area contributed by atoms with Gasteiger partial charge in [0.25, 0.3) is 9.24 Å². The van der Waals surface area contributed by atoms with Crippen LogP contribution in [0.3, 0.4) is 0 Å². The summed E-state index contributed by atoms with van der Waals surface area (Å²) < 4.78 is 23.0. The van der Waals surface area contributed by atoms with E-state index in [-0.39, 0.29) is 6.04 Å². The standard InChI is InChI=1S/C6H14ClNO2S/c1-4-6(3)8(5-2)11(7,9)10/h6H,4-5H2,1-3H3. The van der Waals surface area contributed by atoms with Gasteiger partial charge in [0.1, 0.15) is 0 Å². The van der Waals surface area contributed by atoms with Gasteiger partial charge in [0.2, 0.25) is 0 Å². The predicted octanol–water partition coefficient (Wildman–Crippen LogP) is 1.59. The molecule has 0 saturated heterocycles. The molecule has 0 aliphatic carbocycles. The van der Waals surface area contributed by atoms with Gasteiger partial charge in [0.05, 0.1) is 0 Å². The summed E-state index contributed by atoms with van der Waals surface area (Å²) in [7, 11) is 1.65. The third-order valence-electron chi connectivity index (χ3n) is 1.67. The minimum absolute atomic E-state index is 0.0116. The molecule has 0 N–H and O–H groups in total. The van der Waals surface area contributed by atoms with Gasteiger partial charge < -0.3 is 0 Å². The van der Waals surface area contributed by atoms with Crippen molar-refractivity contribution < 1.29 is 8.42 Å². The lowest BCUT2D eigenvalue weighted by Crippen LogP contribution is -2.34. The third-order valence-corrected chi connectivity index (χ3v) is 3.38. The van der Waals surface area contributed by atoms with Gasteiger partial charge >= 0.3 is 0 Å². The van der Waals surface area contributed by atoms with Crippen LogP contribution in [0.25, 0.3) is 0 Å². The summed E-state index contributed by atoms with van der Waals surface area (Å²) in [5, 5.41) is 0. The van der Waals surface area contributed by atoms with Gasteiger partial charge in [-0.15, -0.1) is 0 Å². The molecule has 1 unspecified atom stereocenters. The molecule has 0 amide bonds. The Morgan fingerprint density at radius 3 is 2.00 bits per heavy atom. The molecular formula is C6H14ClNO2S. The molecule has 0 aliphatic rings. The molecule has 11 heavy (non-hydrogen) atoms. The molecule has 68 valence electrons. The molecule has 1 atom stereocenters. The highest BCUT2D eigenvalue weighted by atomic mass is 35.7. The van der Waals surface area contributed by atoms with Crippen molar-refractivity contribution in [2.75, 3.05) is 6.54 Å². The Bertz CT molecular complexity index is 203. The predicted molar refractivity (Wildman–Crippen MR) is 46.9 cm³/mol. The summed E-state index contributed by atoms with van der Waals surface area (Å²) in [6, 6.07) is -0.0116. The molecule has 0 radical (unpaired) electrons. The number of nitrogens with zero attached hydrogens (tertiary/aromatic N) is 1. The van der Waals surface area contributed by atoms with Crippen molar-refractivity contribution in [2.24, 2.45) is 0 Å². The molecule has 0 saturated carbocycles. The van der Waals surface area contributed by atoms with Crippen LogP contribution in [0.15, 0.2) is 0 Å². The Balaban J connectivity index is 4.42. The first-order chi connectivity index (χ1) is 4.93. The molecule has 0 rings (SSSR count). The Morgan fingerprint density at radius 1 is 1.45 bits per heavy atom. The van der Waals surface area contributed by atoms with Gasteiger partial charge in [-0.25, -0.2) is 0 Å². The summed E-state index contributed by atoms with van der Waals surface area (Å²) in [6.45, 7) is 5.96. The van der Waals surface area contributed by atoms with E-state index in [0.717, 1.165) is 6.42 Å². The third kappa shape index (κ3) is 3.40. The zero-order valence-electron chi connectivity index (χ0n) is 7.04. The van der Waals surface area contributed by atoms with Crippen LogP contribution < -0.4 is 0 Å². The Kier molecular flexibility index (Phi) is 4.36. The molecule has 0 bridgehead atoms. The van der Waals surface area contributed by atoms with Crippen LogP contribution in [0.5, 0.6) is 0 Å². The monoisotopic (exact) mass is 199 g/mol. The van der Waals surface area contributed by atoms with Crippen LogP contribution in [0.4, 0.5) is 0 Å². The first-order valence-electron chi connectivity index (χ1n) is 3.64. The van der Waals surface area contributed by atoms with Crippen molar-refractivity contribution in [1.82, 2.24) is 4.31 Å². The lowest BCUT2D eigenvalue weighted by molar-refractivity contribution is 0.350. The minimum Gasteiger partial charge on any atom is -0.195 e. The normalized spacial score (nSPS) is 15.4. The molecule has 0 aromatic heterocycles. The molecule has 0 spiro atoms. The van der Waals surface area contributed by atoms with E-state index in [2.05, 4.69) is 0 Å². The van der Waals surface area contributed by atoms with Crippen molar-refractivity contribution in [3.05, 3.63) is 0 Å². The Labute approximate surface area is 72.9 Å². The maximum absolute atomic E-state index is 10.9. The van der Waals surface area contributed by atoms with Crippen LogP contribution in [-0.4, -0.2) is 25.3 Å². The molecule has 0 aromatic rings. The average molecular weight is 200 g/mol. The lowest BCUT2D eigenvalue weighted by atomic mass is 10.3. The quantitative estimate of drug-likeness (QED) is 0.645. The maximum atomic E-state index is 10.9. The van der Waals surface area contributed by atoms with Gasteiger partial charge in [0, 0.05) is 23.3 Å². The van der Waals surface area contributed by atoms with E-state index in [9.17, 15) is 8.42 Å². The maximum Gasteiger partial charge on any atom is 0.300 e. The van der Waals surface area contributed by atoms with Crippen LogP contribution in [-0.2, 0) is 9.24 Å². The van der Waals surface area contributed by atoms with Crippen molar-refractivity contribution in [1.29, 1.82) is 0 Å². The SMILES string of the molecule is CCC(C)N(CC)S(=O)(=O)Cl. The second kappa shape index (κ2) is 4.28. The summed E-state index contributed by atoms with van der Waals surface area (Å²) in [5.74, 6) is 0. The fourth-order valence-electron chi connectivity index (χ4n) is 0.884. The largest absolute Gasteiger partial charge is 0.300 e. The number of hydrogen-bond donors (Lipinski definition) is 0. The van der Waals surface area contributed by atoms with Crippen molar-refractivity contribution in [3.8, 4) is 0 Å². The highest BCUT2D eigenvalue weighted by molar-refractivity contribution is 8.11. The fourth-order valence-corrected chi connectivity index (χ4v) is 2.47. The fraction of sp³-hybridized carbons (Fsp3) is 1.00. The molecule has 0 heterocycles. The second-order valence-electron chi connectivity index (χ2n) is 2.40. The van der Waals surface area contributed by atoms with E-state index in [1.165, 1.54) is 4.31 Å². The first-order valence-corrected chi connectivity index (χ1v) is 5.91. The van der Waals surface area contributed by atoms with Gasteiger partial charge in [-0.05, 0) is 13.3 Å². The number of hydrogen-bond acceptors (Lipinski definition) is 2. The summed E-state index contributed by atoms with van der Waals surface area (Å²) in [4.78, 5) is 0. The van der Waals surface area contributed by atoms with E-state index in [1.54, 1.807) is 6.92 Å².